The van der Waals surface area contributed by atoms with Gasteiger partial charge in [0, 0.05) is 5.56 Å². The van der Waals surface area contributed by atoms with E-state index in [0.29, 0.717) is 11.3 Å². The number of hydrogen-bond donors (Lipinski definition) is 0. The van der Waals surface area contributed by atoms with Crippen molar-refractivity contribution in [3.8, 4) is 5.75 Å². The van der Waals surface area contributed by atoms with Crippen LogP contribution >= 0.6 is 0 Å². The van der Waals surface area contributed by atoms with Gasteiger partial charge in [-0.2, -0.15) is 0 Å². The molecule has 0 N–H and O–H groups in total. The predicted octanol–water partition coefficient (Wildman–Crippen LogP) is 3.36. The molecule has 1 aliphatic heterocycles. The van der Waals surface area contributed by atoms with Gasteiger partial charge in [0.25, 0.3) is 0 Å². The maximum atomic E-state index is 11.7. The monoisotopic (exact) mass is 252 g/mol. The van der Waals surface area contributed by atoms with Gasteiger partial charge >= 0.3 is 5.97 Å². The topological polar surface area (TPSA) is 35.5 Å². The van der Waals surface area contributed by atoms with Crippen molar-refractivity contribution in [2.45, 2.75) is 0 Å². The average molecular weight is 252 g/mol. The van der Waals surface area contributed by atoms with E-state index in [2.05, 4.69) is 0 Å². The fraction of sp³-hybridized carbons (Fsp3) is 0.0625. The number of methoxy groups -OCH3 is 1. The summed E-state index contributed by atoms with van der Waals surface area (Å²) in [6.07, 6.45) is 1.84. The summed E-state index contributed by atoms with van der Waals surface area (Å²) in [5.41, 5.74) is 2.37. The van der Waals surface area contributed by atoms with E-state index in [-0.39, 0.29) is 5.97 Å². The molecule has 3 nitrogen and oxygen atoms in total. The van der Waals surface area contributed by atoms with Crippen LogP contribution in [0.2, 0.25) is 0 Å². The molecule has 3 rings (SSSR count). The SMILES string of the molecule is COc1cccc(/C=C2/OC(=O)c3ccccc32)c1. The first-order chi connectivity index (χ1) is 9.28. The second-order valence-corrected chi connectivity index (χ2v) is 4.22. The molecule has 0 saturated carbocycles. The van der Waals surface area contributed by atoms with E-state index in [9.17, 15) is 4.79 Å². The lowest BCUT2D eigenvalue weighted by Gasteiger charge is -2.02. The maximum absolute atomic E-state index is 11.7. The highest BCUT2D eigenvalue weighted by molar-refractivity contribution is 6.05. The second kappa shape index (κ2) is 4.61. The van der Waals surface area contributed by atoms with Gasteiger partial charge < -0.3 is 9.47 Å². The van der Waals surface area contributed by atoms with Crippen molar-refractivity contribution in [2.24, 2.45) is 0 Å². The highest BCUT2D eigenvalue weighted by Gasteiger charge is 2.25. The highest BCUT2D eigenvalue weighted by atomic mass is 16.5. The van der Waals surface area contributed by atoms with E-state index in [1.54, 1.807) is 13.2 Å². The minimum Gasteiger partial charge on any atom is -0.497 e. The summed E-state index contributed by atoms with van der Waals surface area (Å²) in [5, 5.41) is 0. The minimum atomic E-state index is -0.301. The largest absolute Gasteiger partial charge is 0.497 e. The van der Waals surface area contributed by atoms with E-state index in [1.165, 1.54) is 0 Å². The molecular weight excluding hydrogens is 240 g/mol. The van der Waals surface area contributed by atoms with Gasteiger partial charge in [-0.1, -0.05) is 30.3 Å². The van der Waals surface area contributed by atoms with Crippen molar-refractivity contribution >= 4 is 17.8 Å². The predicted molar refractivity (Wildman–Crippen MR) is 72.7 cm³/mol. The highest BCUT2D eigenvalue weighted by Crippen LogP contribution is 2.31. The Balaban J connectivity index is 2.03. The fourth-order valence-electron chi connectivity index (χ4n) is 2.08. The smallest absolute Gasteiger partial charge is 0.344 e. The third kappa shape index (κ3) is 2.10. The van der Waals surface area contributed by atoms with Crippen LogP contribution in [0.25, 0.3) is 11.8 Å². The number of benzene rings is 2. The van der Waals surface area contributed by atoms with Crippen LogP contribution in [0.15, 0.2) is 48.5 Å². The number of esters is 1. The molecule has 0 atom stereocenters. The summed E-state index contributed by atoms with van der Waals surface area (Å²) >= 11 is 0. The van der Waals surface area contributed by atoms with Crippen LogP contribution in [0.1, 0.15) is 21.5 Å². The maximum Gasteiger partial charge on any atom is 0.344 e. The van der Waals surface area contributed by atoms with Gasteiger partial charge in [0.1, 0.15) is 11.5 Å². The van der Waals surface area contributed by atoms with Crippen molar-refractivity contribution in [1.29, 1.82) is 0 Å². The van der Waals surface area contributed by atoms with Gasteiger partial charge in [0.2, 0.25) is 0 Å². The number of fused-ring (bicyclic) bond motifs is 1. The Morgan fingerprint density at radius 1 is 1.05 bits per heavy atom. The van der Waals surface area contributed by atoms with Gasteiger partial charge in [-0.3, -0.25) is 0 Å². The van der Waals surface area contributed by atoms with Crippen molar-refractivity contribution in [3.05, 3.63) is 65.2 Å². The molecule has 0 amide bonds. The van der Waals surface area contributed by atoms with Crippen LogP contribution in [-0.2, 0) is 4.74 Å². The molecule has 2 aromatic rings. The first kappa shape index (κ1) is 11.5. The van der Waals surface area contributed by atoms with E-state index < -0.39 is 0 Å². The Kier molecular flexibility index (Phi) is 2.80. The van der Waals surface area contributed by atoms with Gasteiger partial charge in [-0.05, 0) is 29.8 Å². The van der Waals surface area contributed by atoms with E-state index in [4.69, 9.17) is 9.47 Å². The van der Waals surface area contributed by atoms with Crippen LogP contribution in [0, 0.1) is 0 Å². The van der Waals surface area contributed by atoms with Crippen LogP contribution in [0.3, 0.4) is 0 Å². The number of ether oxygens (including phenoxy) is 2. The van der Waals surface area contributed by atoms with Gasteiger partial charge in [-0.15, -0.1) is 0 Å². The standard InChI is InChI=1S/C16H12O3/c1-18-12-6-4-5-11(9-12)10-15-13-7-2-3-8-14(13)16(17)19-15/h2-10H,1H3/b15-10+. The number of hydrogen-bond acceptors (Lipinski definition) is 3. The Labute approximate surface area is 111 Å². The lowest BCUT2D eigenvalue weighted by Crippen LogP contribution is -1.92. The lowest BCUT2D eigenvalue weighted by molar-refractivity contribution is 0.0717. The van der Waals surface area contributed by atoms with Gasteiger partial charge in [0.05, 0.1) is 12.7 Å². The van der Waals surface area contributed by atoms with Crippen LogP contribution in [0.5, 0.6) is 5.75 Å². The molecule has 0 fully saturated rings. The molecule has 1 aliphatic rings. The van der Waals surface area contributed by atoms with E-state index in [0.717, 1.165) is 16.9 Å². The van der Waals surface area contributed by atoms with Crippen LogP contribution in [0.4, 0.5) is 0 Å². The average Bonchev–Trinajstić information content (AvgIpc) is 2.76. The summed E-state index contributed by atoms with van der Waals surface area (Å²) in [5.74, 6) is 1.05. The molecule has 2 aromatic carbocycles. The molecule has 0 bridgehead atoms. The molecule has 3 heteroatoms. The molecule has 0 saturated heterocycles. The number of rotatable bonds is 2. The summed E-state index contributed by atoms with van der Waals surface area (Å²) in [6, 6.07) is 15.0. The summed E-state index contributed by atoms with van der Waals surface area (Å²) in [4.78, 5) is 11.7. The van der Waals surface area contributed by atoms with Gasteiger partial charge in [0.15, 0.2) is 0 Å². The molecule has 0 spiro atoms. The third-order valence-electron chi connectivity index (χ3n) is 3.01. The third-order valence-corrected chi connectivity index (χ3v) is 3.01. The second-order valence-electron chi connectivity index (χ2n) is 4.22. The Morgan fingerprint density at radius 3 is 2.63 bits per heavy atom. The number of carbonyl (C=O) groups is 1. The lowest BCUT2D eigenvalue weighted by atomic mass is 10.1. The zero-order chi connectivity index (χ0) is 13.2. The molecule has 94 valence electrons. The quantitative estimate of drug-likeness (QED) is 0.769. The van der Waals surface area contributed by atoms with Gasteiger partial charge in [-0.25, -0.2) is 4.79 Å². The van der Waals surface area contributed by atoms with Crippen LogP contribution in [-0.4, -0.2) is 13.1 Å². The molecule has 19 heavy (non-hydrogen) atoms. The van der Waals surface area contributed by atoms with Crippen molar-refractivity contribution in [3.63, 3.8) is 0 Å². The minimum absolute atomic E-state index is 0.301. The molecule has 0 radical (unpaired) electrons. The van der Waals surface area contributed by atoms with E-state index >= 15 is 0 Å². The van der Waals surface area contributed by atoms with Crippen molar-refractivity contribution < 1.29 is 14.3 Å². The molecule has 0 unspecified atom stereocenters. The normalized spacial score (nSPS) is 15.2. The first-order valence-corrected chi connectivity index (χ1v) is 5.95. The summed E-state index contributed by atoms with van der Waals surface area (Å²) < 4.78 is 10.5. The molecular formula is C16H12O3. The Hall–Kier alpha value is -2.55. The Bertz CT molecular complexity index is 671. The number of carbonyl (C=O) groups excluding carboxylic acids is 1. The number of cyclic esters (lactones) is 1. The Morgan fingerprint density at radius 2 is 1.84 bits per heavy atom. The molecule has 1 heterocycles. The summed E-state index contributed by atoms with van der Waals surface area (Å²) in [7, 11) is 1.62. The van der Waals surface area contributed by atoms with E-state index in [1.807, 2.05) is 48.5 Å². The zero-order valence-electron chi connectivity index (χ0n) is 10.4. The summed E-state index contributed by atoms with van der Waals surface area (Å²) in [6.45, 7) is 0. The van der Waals surface area contributed by atoms with Crippen molar-refractivity contribution in [1.82, 2.24) is 0 Å². The molecule has 0 aromatic heterocycles. The molecule has 0 aliphatic carbocycles. The first-order valence-electron chi connectivity index (χ1n) is 5.95. The van der Waals surface area contributed by atoms with Crippen molar-refractivity contribution in [2.75, 3.05) is 7.11 Å². The fourth-order valence-corrected chi connectivity index (χ4v) is 2.08. The zero-order valence-corrected chi connectivity index (χ0v) is 10.4. The van der Waals surface area contributed by atoms with Crippen LogP contribution < -0.4 is 4.74 Å².